The zero-order valence-corrected chi connectivity index (χ0v) is 16.8. The Balaban J connectivity index is 1.74. The van der Waals surface area contributed by atoms with Gasteiger partial charge in [-0.1, -0.05) is 0 Å². The Labute approximate surface area is 155 Å². The molecule has 3 rings (SSSR count). The normalized spacial score (nSPS) is 26.2. The molecule has 2 aliphatic heterocycles. The Morgan fingerprint density at radius 1 is 1.23 bits per heavy atom. The van der Waals surface area contributed by atoms with Crippen LogP contribution >= 0.6 is 0 Å². The number of hydrogen-bond acceptors (Lipinski definition) is 6. The molecule has 2 atom stereocenters. The van der Waals surface area contributed by atoms with Gasteiger partial charge in [-0.15, -0.1) is 0 Å². The van der Waals surface area contributed by atoms with Crippen molar-refractivity contribution in [3.8, 4) is 0 Å². The molecular formula is C17H29N5O3S. The summed E-state index contributed by atoms with van der Waals surface area (Å²) >= 11 is 0. The topological polar surface area (TPSA) is 78.8 Å². The number of likely N-dealkylation sites (N-methyl/N-ethyl adjacent to an activating group) is 1. The highest BCUT2D eigenvalue weighted by Crippen LogP contribution is 2.28. The molecule has 0 aliphatic carbocycles. The van der Waals surface area contributed by atoms with E-state index in [1.807, 2.05) is 22.0 Å². The van der Waals surface area contributed by atoms with E-state index in [4.69, 9.17) is 0 Å². The van der Waals surface area contributed by atoms with Crippen LogP contribution in [0, 0.1) is 0 Å². The lowest BCUT2D eigenvalue weighted by atomic mass is 10.0. The summed E-state index contributed by atoms with van der Waals surface area (Å²) in [4.78, 5) is 18.0. The quantitative estimate of drug-likeness (QED) is 0.703. The number of sulfone groups is 1. The first-order chi connectivity index (χ1) is 12.2. The number of amides is 1. The van der Waals surface area contributed by atoms with Gasteiger partial charge in [0.1, 0.15) is 0 Å². The van der Waals surface area contributed by atoms with Gasteiger partial charge >= 0.3 is 0 Å². The Kier molecular flexibility index (Phi) is 5.41. The second-order valence-electron chi connectivity index (χ2n) is 7.86. The van der Waals surface area contributed by atoms with Crippen molar-refractivity contribution in [1.82, 2.24) is 24.5 Å². The smallest absolute Gasteiger partial charge is 0.236 e. The van der Waals surface area contributed by atoms with E-state index in [1.165, 1.54) is 0 Å². The van der Waals surface area contributed by atoms with Gasteiger partial charge in [0.15, 0.2) is 9.84 Å². The molecule has 1 aromatic rings. The average Bonchev–Trinajstić information content (AvgIpc) is 3.13. The molecule has 8 nitrogen and oxygen atoms in total. The largest absolute Gasteiger partial charge is 0.348 e. The SMILES string of the molecule is CC(C)n1cc(CN2CCN(CC(=O)N(C)C)[C@@H]3CS(=O)(=O)C[C@@H]32)cn1. The van der Waals surface area contributed by atoms with Gasteiger partial charge in [0.05, 0.1) is 24.2 Å². The van der Waals surface area contributed by atoms with Crippen LogP contribution in [-0.2, 0) is 21.2 Å². The third kappa shape index (κ3) is 4.10. The lowest BCUT2D eigenvalue weighted by molar-refractivity contribution is -0.131. The van der Waals surface area contributed by atoms with E-state index < -0.39 is 9.84 Å². The van der Waals surface area contributed by atoms with Gasteiger partial charge in [0.2, 0.25) is 5.91 Å². The molecule has 0 unspecified atom stereocenters. The number of piperazine rings is 1. The summed E-state index contributed by atoms with van der Waals surface area (Å²) in [6.07, 6.45) is 3.89. The zero-order chi connectivity index (χ0) is 19.1. The molecule has 0 saturated carbocycles. The van der Waals surface area contributed by atoms with Crippen molar-refractivity contribution in [2.45, 2.75) is 38.5 Å². The van der Waals surface area contributed by atoms with Crippen molar-refractivity contribution >= 4 is 15.7 Å². The van der Waals surface area contributed by atoms with Crippen LogP contribution in [-0.4, -0.2) is 96.1 Å². The predicted octanol–water partition coefficient (Wildman–Crippen LogP) is -0.165. The molecular weight excluding hydrogens is 354 g/mol. The summed E-state index contributed by atoms with van der Waals surface area (Å²) in [5.74, 6) is 0.322. The lowest BCUT2D eigenvalue weighted by Gasteiger charge is -2.43. The van der Waals surface area contributed by atoms with Crippen LogP contribution in [0.15, 0.2) is 12.4 Å². The van der Waals surface area contributed by atoms with Crippen LogP contribution in [0.5, 0.6) is 0 Å². The van der Waals surface area contributed by atoms with Crippen molar-refractivity contribution in [2.75, 3.05) is 45.2 Å². The minimum Gasteiger partial charge on any atom is -0.348 e. The molecule has 1 aromatic heterocycles. The molecule has 0 aromatic carbocycles. The molecule has 3 heterocycles. The summed E-state index contributed by atoms with van der Waals surface area (Å²) in [7, 11) is 0.380. The van der Waals surface area contributed by atoms with E-state index in [-0.39, 0.29) is 36.0 Å². The molecule has 0 spiro atoms. The number of aromatic nitrogens is 2. The number of carbonyl (C=O) groups is 1. The molecule has 0 bridgehead atoms. The molecule has 2 aliphatic rings. The second-order valence-corrected chi connectivity index (χ2v) is 10.0. The Hall–Kier alpha value is -1.45. The van der Waals surface area contributed by atoms with Crippen LogP contribution in [0.2, 0.25) is 0 Å². The van der Waals surface area contributed by atoms with Crippen molar-refractivity contribution in [3.63, 3.8) is 0 Å². The third-order valence-corrected chi connectivity index (χ3v) is 7.01. The maximum absolute atomic E-state index is 12.3. The minimum absolute atomic E-state index is 0.0136. The maximum Gasteiger partial charge on any atom is 0.236 e. The van der Waals surface area contributed by atoms with Gasteiger partial charge in [-0.2, -0.15) is 5.10 Å². The molecule has 0 N–H and O–H groups in total. The number of fused-ring (bicyclic) bond motifs is 1. The fourth-order valence-electron chi connectivity index (χ4n) is 3.78. The molecule has 1 amide bonds. The summed E-state index contributed by atoms with van der Waals surface area (Å²) in [5.41, 5.74) is 1.10. The van der Waals surface area contributed by atoms with Crippen molar-refractivity contribution < 1.29 is 13.2 Å². The molecule has 2 fully saturated rings. The zero-order valence-electron chi connectivity index (χ0n) is 16.0. The summed E-state index contributed by atoms with van der Waals surface area (Å²) in [6.45, 7) is 6.59. The summed E-state index contributed by atoms with van der Waals surface area (Å²) < 4.78 is 26.5. The van der Waals surface area contributed by atoms with Crippen molar-refractivity contribution in [3.05, 3.63) is 18.0 Å². The standard InChI is InChI=1S/C17H29N5O3S/c1-13(2)22-9-14(7-18-22)8-20-5-6-21(10-17(23)19(3)4)16-12-26(24,25)11-15(16)20/h7,9,13,15-16H,5-6,8,10-12H2,1-4H3/t15-,16+/m0/s1. The molecule has 0 radical (unpaired) electrons. The molecule has 146 valence electrons. The predicted molar refractivity (Wildman–Crippen MR) is 99.5 cm³/mol. The van der Waals surface area contributed by atoms with Crippen LogP contribution in [0.25, 0.3) is 0 Å². The van der Waals surface area contributed by atoms with Gasteiger partial charge in [-0.05, 0) is 13.8 Å². The van der Waals surface area contributed by atoms with E-state index in [2.05, 4.69) is 23.8 Å². The molecule has 9 heteroatoms. The number of carbonyl (C=O) groups excluding carboxylic acids is 1. The Morgan fingerprint density at radius 2 is 1.85 bits per heavy atom. The second kappa shape index (κ2) is 7.28. The highest BCUT2D eigenvalue weighted by Gasteiger charge is 2.46. The lowest BCUT2D eigenvalue weighted by Crippen LogP contribution is -2.60. The van der Waals surface area contributed by atoms with Crippen molar-refractivity contribution in [2.24, 2.45) is 0 Å². The van der Waals surface area contributed by atoms with Crippen LogP contribution in [0.1, 0.15) is 25.5 Å². The number of hydrogen-bond donors (Lipinski definition) is 0. The van der Waals surface area contributed by atoms with E-state index in [9.17, 15) is 13.2 Å². The average molecular weight is 384 g/mol. The van der Waals surface area contributed by atoms with E-state index in [0.29, 0.717) is 19.1 Å². The van der Waals surface area contributed by atoms with Gasteiger partial charge < -0.3 is 4.90 Å². The first-order valence-corrected chi connectivity index (χ1v) is 10.9. The van der Waals surface area contributed by atoms with Crippen molar-refractivity contribution in [1.29, 1.82) is 0 Å². The van der Waals surface area contributed by atoms with Crippen LogP contribution in [0.4, 0.5) is 0 Å². The van der Waals surface area contributed by atoms with E-state index >= 15 is 0 Å². The highest BCUT2D eigenvalue weighted by atomic mass is 32.2. The molecule has 26 heavy (non-hydrogen) atoms. The Bertz CT molecular complexity index is 758. The van der Waals surface area contributed by atoms with Crippen LogP contribution < -0.4 is 0 Å². The van der Waals surface area contributed by atoms with Gasteiger partial charge in [0, 0.05) is 63.6 Å². The fraction of sp³-hybridized carbons (Fsp3) is 0.765. The van der Waals surface area contributed by atoms with Crippen LogP contribution in [0.3, 0.4) is 0 Å². The fourth-order valence-corrected chi connectivity index (χ4v) is 5.82. The summed E-state index contributed by atoms with van der Waals surface area (Å²) in [5, 5.41) is 4.38. The minimum atomic E-state index is -3.08. The first kappa shape index (κ1) is 19.3. The third-order valence-electron chi connectivity index (χ3n) is 5.31. The number of nitrogens with zero attached hydrogens (tertiary/aromatic N) is 5. The van der Waals surface area contributed by atoms with E-state index in [1.54, 1.807) is 19.0 Å². The van der Waals surface area contributed by atoms with Gasteiger partial charge in [0.25, 0.3) is 0 Å². The molecule has 2 saturated heterocycles. The van der Waals surface area contributed by atoms with E-state index in [0.717, 1.165) is 12.1 Å². The maximum atomic E-state index is 12.3. The Morgan fingerprint density at radius 3 is 2.42 bits per heavy atom. The van der Waals surface area contributed by atoms with Gasteiger partial charge in [-0.25, -0.2) is 8.42 Å². The number of rotatable bonds is 5. The first-order valence-electron chi connectivity index (χ1n) is 9.08. The highest BCUT2D eigenvalue weighted by molar-refractivity contribution is 7.91. The summed E-state index contributed by atoms with van der Waals surface area (Å²) in [6, 6.07) is 0.126. The monoisotopic (exact) mass is 383 g/mol. The van der Waals surface area contributed by atoms with Gasteiger partial charge in [-0.3, -0.25) is 19.3 Å².